The minimum atomic E-state index is 0.496. The number of rotatable bonds is 2. The van der Waals surface area contributed by atoms with Gasteiger partial charge in [0.1, 0.15) is 6.54 Å². The molecule has 2 nitrogen and oxygen atoms in total. The van der Waals surface area contributed by atoms with E-state index in [0.29, 0.717) is 11.6 Å². The van der Waals surface area contributed by atoms with Crippen LogP contribution in [0, 0.1) is 0 Å². The molecule has 1 aliphatic carbocycles. The minimum absolute atomic E-state index is 0.496. The molecule has 0 heterocycles. The Hall–Kier alpha value is -1.22. The summed E-state index contributed by atoms with van der Waals surface area (Å²) in [6.07, 6.45) is 3.38. The molecule has 0 aromatic heterocycles. The average molecular weight is 233 g/mol. The zero-order valence-corrected chi connectivity index (χ0v) is 10.2. The standard InChI is InChI=1S/C13H15NOS/c1-15-13(16)9-14-12-8-4-6-10-5-2-3-7-11(10)12/h2-3,5,7H,4,6,8-9H2,1H3. The van der Waals surface area contributed by atoms with Gasteiger partial charge in [0, 0.05) is 5.71 Å². The third-order valence-electron chi connectivity index (χ3n) is 2.81. The maximum atomic E-state index is 4.99. The normalized spacial score (nSPS) is 16.9. The van der Waals surface area contributed by atoms with Gasteiger partial charge in [0.2, 0.25) is 0 Å². The van der Waals surface area contributed by atoms with E-state index < -0.39 is 0 Å². The molecule has 16 heavy (non-hydrogen) atoms. The van der Waals surface area contributed by atoms with E-state index in [0.717, 1.165) is 12.8 Å². The maximum Gasteiger partial charge on any atom is 0.180 e. The number of nitrogens with zero attached hydrogens (tertiary/aromatic N) is 1. The summed E-state index contributed by atoms with van der Waals surface area (Å²) < 4.78 is 4.95. The van der Waals surface area contributed by atoms with E-state index in [-0.39, 0.29) is 0 Å². The number of thiocarbonyl (C=S) groups is 1. The lowest BCUT2D eigenvalue weighted by Gasteiger charge is -2.17. The lowest BCUT2D eigenvalue weighted by atomic mass is 9.90. The molecule has 0 amide bonds. The first-order valence-electron chi connectivity index (χ1n) is 5.49. The van der Waals surface area contributed by atoms with E-state index >= 15 is 0 Å². The summed E-state index contributed by atoms with van der Waals surface area (Å²) in [5, 5.41) is 0.551. The minimum Gasteiger partial charge on any atom is -0.488 e. The van der Waals surface area contributed by atoms with Gasteiger partial charge in [-0.3, -0.25) is 4.99 Å². The second-order valence-corrected chi connectivity index (χ2v) is 4.31. The van der Waals surface area contributed by atoms with Crippen LogP contribution in [-0.4, -0.2) is 24.4 Å². The number of benzene rings is 1. The molecule has 0 fully saturated rings. The van der Waals surface area contributed by atoms with Crippen LogP contribution in [-0.2, 0) is 11.2 Å². The first-order valence-corrected chi connectivity index (χ1v) is 5.90. The van der Waals surface area contributed by atoms with E-state index in [4.69, 9.17) is 17.0 Å². The first kappa shape index (κ1) is 11.3. The van der Waals surface area contributed by atoms with Gasteiger partial charge >= 0.3 is 0 Å². The molecule has 0 radical (unpaired) electrons. The van der Waals surface area contributed by atoms with Gasteiger partial charge in [0.15, 0.2) is 5.05 Å². The van der Waals surface area contributed by atoms with E-state index in [1.54, 1.807) is 7.11 Å². The van der Waals surface area contributed by atoms with Crippen molar-refractivity contribution in [1.82, 2.24) is 0 Å². The number of hydrogen-bond donors (Lipinski definition) is 0. The van der Waals surface area contributed by atoms with Crippen molar-refractivity contribution in [3.05, 3.63) is 35.4 Å². The highest BCUT2D eigenvalue weighted by atomic mass is 32.1. The molecule has 1 aliphatic rings. The SMILES string of the molecule is COC(=S)CN=C1CCCc2ccccc21. The van der Waals surface area contributed by atoms with Gasteiger partial charge in [0.05, 0.1) is 7.11 Å². The van der Waals surface area contributed by atoms with Crippen molar-refractivity contribution < 1.29 is 4.74 Å². The average Bonchev–Trinajstić information content (AvgIpc) is 2.35. The molecule has 0 N–H and O–H groups in total. The molecular formula is C13H15NOS. The Morgan fingerprint density at radius 1 is 1.38 bits per heavy atom. The maximum absolute atomic E-state index is 4.99. The quantitative estimate of drug-likeness (QED) is 0.733. The third kappa shape index (κ3) is 2.47. The van der Waals surface area contributed by atoms with Crippen LogP contribution in [0.15, 0.2) is 29.3 Å². The van der Waals surface area contributed by atoms with Gasteiger partial charge in [-0.05, 0) is 42.6 Å². The predicted octanol–water partition coefficient (Wildman–Crippen LogP) is 2.79. The molecule has 0 aliphatic heterocycles. The van der Waals surface area contributed by atoms with Crippen LogP contribution in [0.3, 0.4) is 0 Å². The first-order chi connectivity index (χ1) is 7.81. The molecule has 84 valence electrons. The number of aliphatic imine (C=N–C) groups is 1. The molecule has 0 saturated carbocycles. The monoisotopic (exact) mass is 233 g/mol. The number of aryl methyl sites for hydroxylation is 1. The highest BCUT2D eigenvalue weighted by Gasteiger charge is 2.14. The summed E-state index contributed by atoms with van der Waals surface area (Å²) in [4.78, 5) is 4.55. The van der Waals surface area contributed by atoms with Crippen LogP contribution in [0.2, 0.25) is 0 Å². The molecule has 0 saturated heterocycles. The van der Waals surface area contributed by atoms with Gasteiger partial charge in [-0.2, -0.15) is 0 Å². The zero-order chi connectivity index (χ0) is 11.4. The number of fused-ring (bicyclic) bond motifs is 1. The van der Waals surface area contributed by atoms with Crippen molar-refractivity contribution >= 4 is 23.0 Å². The molecule has 0 unspecified atom stereocenters. The Labute approximate surface area is 101 Å². The lowest BCUT2D eigenvalue weighted by molar-refractivity contribution is 0.408. The van der Waals surface area contributed by atoms with E-state index in [1.807, 2.05) is 0 Å². The molecule has 1 aromatic rings. The highest BCUT2D eigenvalue weighted by molar-refractivity contribution is 7.80. The van der Waals surface area contributed by atoms with Crippen molar-refractivity contribution in [2.45, 2.75) is 19.3 Å². The number of hydrogen-bond acceptors (Lipinski definition) is 3. The fourth-order valence-electron chi connectivity index (χ4n) is 1.99. The van der Waals surface area contributed by atoms with Crippen LogP contribution in [0.5, 0.6) is 0 Å². The van der Waals surface area contributed by atoms with Gasteiger partial charge < -0.3 is 4.74 Å². The summed E-state index contributed by atoms with van der Waals surface area (Å²) in [5.74, 6) is 0. The summed E-state index contributed by atoms with van der Waals surface area (Å²) in [5.41, 5.74) is 3.85. The molecule has 1 aromatic carbocycles. The molecule has 2 rings (SSSR count). The van der Waals surface area contributed by atoms with Crippen LogP contribution in [0.4, 0.5) is 0 Å². The smallest absolute Gasteiger partial charge is 0.180 e. The van der Waals surface area contributed by atoms with Gasteiger partial charge in [0.25, 0.3) is 0 Å². The largest absolute Gasteiger partial charge is 0.488 e. The molecule has 0 bridgehead atoms. The number of ether oxygens (including phenoxy) is 1. The third-order valence-corrected chi connectivity index (χ3v) is 3.11. The second kappa shape index (κ2) is 5.21. The Morgan fingerprint density at radius 2 is 2.19 bits per heavy atom. The fourth-order valence-corrected chi connectivity index (χ4v) is 2.05. The Balaban J connectivity index is 2.21. The Bertz CT molecular complexity index is 426. The summed E-state index contributed by atoms with van der Waals surface area (Å²) in [6, 6.07) is 8.47. The highest BCUT2D eigenvalue weighted by Crippen LogP contribution is 2.21. The fraction of sp³-hybridized carbons (Fsp3) is 0.385. The zero-order valence-electron chi connectivity index (χ0n) is 9.40. The lowest BCUT2D eigenvalue weighted by Crippen LogP contribution is -2.14. The van der Waals surface area contributed by atoms with E-state index in [9.17, 15) is 0 Å². The molecular weight excluding hydrogens is 218 g/mol. The van der Waals surface area contributed by atoms with E-state index in [1.165, 1.54) is 23.3 Å². The van der Waals surface area contributed by atoms with Crippen molar-refractivity contribution in [3.8, 4) is 0 Å². The van der Waals surface area contributed by atoms with Gasteiger partial charge in [-0.1, -0.05) is 24.3 Å². The molecule has 3 heteroatoms. The molecule has 0 spiro atoms. The summed E-state index contributed by atoms with van der Waals surface area (Å²) >= 11 is 4.99. The van der Waals surface area contributed by atoms with Crippen molar-refractivity contribution in [2.24, 2.45) is 4.99 Å². The second-order valence-electron chi connectivity index (χ2n) is 3.85. The van der Waals surface area contributed by atoms with Crippen LogP contribution < -0.4 is 0 Å². The van der Waals surface area contributed by atoms with Crippen molar-refractivity contribution in [2.75, 3.05) is 13.7 Å². The van der Waals surface area contributed by atoms with Crippen LogP contribution in [0.25, 0.3) is 0 Å². The van der Waals surface area contributed by atoms with E-state index in [2.05, 4.69) is 29.3 Å². The van der Waals surface area contributed by atoms with Gasteiger partial charge in [-0.25, -0.2) is 0 Å². The number of methoxy groups -OCH3 is 1. The van der Waals surface area contributed by atoms with Crippen molar-refractivity contribution in [1.29, 1.82) is 0 Å². The van der Waals surface area contributed by atoms with Gasteiger partial charge in [-0.15, -0.1) is 0 Å². The van der Waals surface area contributed by atoms with Crippen LogP contribution >= 0.6 is 12.2 Å². The Kier molecular flexibility index (Phi) is 3.67. The summed E-state index contributed by atoms with van der Waals surface area (Å²) in [6.45, 7) is 0.496. The predicted molar refractivity (Wildman–Crippen MR) is 70.4 cm³/mol. The Morgan fingerprint density at radius 3 is 3.00 bits per heavy atom. The molecule has 0 atom stereocenters. The van der Waals surface area contributed by atoms with Crippen LogP contribution in [0.1, 0.15) is 24.0 Å². The van der Waals surface area contributed by atoms with Crippen molar-refractivity contribution in [3.63, 3.8) is 0 Å². The topological polar surface area (TPSA) is 21.6 Å². The summed E-state index contributed by atoms with van der Waals surface area (Å²) in [7, 11) is 1.59.